The standard InChI is InChI=1S/C21H17FN4O2S2/c1-12-23-19-20(30-12)18(13-4-3-5-16(10-13)28-2)25-26-21(19)29-11-17(27)24-15-8-6-14(22)7-9-15/h3-10H,11H2,1-2H3,(H,24,27). The smallest absolute Gasteiger partial charge is 0.234 e. The van der Waals surface area contributed by atoms with E-state index in [1.807, 2.05) is 31.2 Å². The lowest BCUT2D eigenvalue weighted by molar-refractivity contribution is -0.113. The molecular weight excluding hydrogens is 423 g/mol. The van der Waals surface area contributed by atoms with Crippen LogP contribution in [-0.4, -0.2) is 34.0 Å². The average Bonchev–Trinajstić information content (AvgIpc) is 3.15. The normalized spacial score (nSPS) is 10.9. The van der Waals surface area contributed by atoms with Crippen LogP contribution in [0.1, 0.15) is 5.01 Å². The zero-order valence-corrected chi connectivity index (χ0v) is 17.8. The molecule has 0 saturated heterocycles. The van der Waals surface area contributed by atoms with Gasteiger partial charge in [-0.3, -0.25) is 4.79 Å². The first kappa shape index (κ1) is 20.2. The molecule has 4 rings (SSSR count). The molecule has 0 atom stereocenters. The van der Waals surface area contributed by atoms with E-state index in [1.54, 1.807) is 7.11 Å². The molecule has 0 saturated carbocycles. The average molecular weight is 441 g/mol. The highest BCUT2D eigenvalue weighted by Gasteiger charge is 2.17. The van der Waals surface area contributed by atoms with Crippen LogP contribution in [0, 0.1) is 12.7 Å². The van der Waals surface area contributed by atoms with E-state index in [0.717, 1.165) is 32.2 Å². The Hall–Kier alpha value is -3.04. The van der Waals surface area contributed by atoms with Gasteiger partial charge in [0, 0.05) is 11.3 Å². The molecule has 1 N–H and O–H groups in total. The number of nitrogens with one attached hydrogen (secondary N) is 1. The molecule has 152 valence electrons. The van der Waals surface area contributed by atoms with Gasteiger partial charge in [0.05, 0.1) is 22.6 Å². The zero-order chi connectivity index (χ0) is 21.1. The number of hydrogen-bond donors (Lipinski definition) is 1. The molecule has 30 heavy (non-hydrogen) atoms. The predicted octanol–water partition coefficient (Wildman–Crippen LogP) is 4.94. The zero-order valence-electron chi connectivity index (χ0n) is 16.2. The number of fused-ring (bicyclic) bond motifs is 1. The summed E-state index contributed by atoms with van der Waals surface area (Å²) in [6.45, 7) is 1.93. The first-order valence-corrected chi connectivity index (χ1v) is 10.8. The Kier molecular flexibility index (Phi) is 5.91. The number of aromatic nitrogens is 3. The maximum atomic E-state index is 13.0. The van der Waals surface area contributed by atoms with Gasteiger partial charge in [-0.25, -0.2) is 9.37 Å². The number of aryl methyl sites for hydroxylation is 1. The Labute approximate surface area is 180 Å². The number of benzene rings is 2. The van der Waals surface area contributed by atoms with Gasteiger partial charge in [0.2, 0.25) is 5.91 Å². The van der Waals surface area contributed by atoms with Crippen molar-refractivity contribution in [2.45, 2.75) is 11.9 Å². The molecule has 2 heterocycles. The molecule has 0 aliphatic carbocycles. The van der Waals surface area contributed by atoms with Crippen LogP contribution in [0.3, 0.4) is 0 Å². The van der Waals surface area contributed by atoms with Crippen molar-refractivity contribution in [3.63, 3.8) is 0 Å². The first-order valence-electron chi connectivity index (χ1n) is 9.00. The van der Waals surface area contributed by atoms with Gasteiger partial charge in [-0.2, -0.15) is 0 Å². The number of thioether (sulfide) groups is 1. The number of methoxy groups -OCH3 is 1. The van der Waals surface area contributed by atoms with Gasteiger partial charge in [0.15, 0.2) is 0 Å². The van der Waals surface area contributed by atoms with Crippen LogP contribution < -0.4 is 10.1 Å². The van der Waals surface area contributed by atoms with Gasteiger partial charge >= 0.3 is 0 Å². The van der Waals surface area contributed by atoms with Gasteiger partial charge in [-0.1, -0.05) is 23.9 Å². The Morgan fingerprint density at radius 1 is 1.20 bits per heavy atom. The van der Waals surface area contributed by atoms with Gasteiger partial charge in [-0.15, -0.1) is 21.5 Å². The van der Waals surface area contributed by atoms with E-state index in [-0.39, 0.29) is 17.5 Å². The number of anilines is 1. The second-order valence-corrected chi connectivity index (χ2v) is 8.51. The quantitative estimate of drug-likeness (QED) is 0.428. The van der Waals surface area contributed by atoms with Crippen LogP contribution >= 0.6 is 23.1 Å². The van der Waals surface area contributed by atoms with E-state index in [0.29, 0.717) is 10.7 Å². The molecular formula is C21H17FN4O2S2. The Bertz CT molecular complexity index is 1210. The van der Waals surface area contributed by atoms with E-state index >= 15 is 0 Å². The van der Waals surface area contributed by atoms with E-state index < -0.39 is 0 Å². The Morgan fingerprint density at radius 2 is 2.00 bits per heavy atom. The third-order valence-corrected chi connectivity index (χ3v) is 6.14. The second-order valence-electron chi connectivity index (χ2n) is 6.34. The van der Waals surface area contributed by atoms with Crippen LogP contribution in [0.4, 0.5) is 10.1 Å². The Balaban J connectivity index is 1.56. The van der Waals surface area contributed by atoms with Gasteiger partial charge in [-0.05, 0) is 43.3 Å². The van der Waals surface area contributed by atoms with E-state index in [9.17, 15) is 9.18 Å². The predicted molar refractivity (Wildman–Crippen MR) is 118 cm³/mol. The highest BCUT2D eigenvalue weighted by molar-refractivity contribution is 8.00. The van der Waals surface area contributed by atoms with Gasteiger partial charge in [0.1, 0.15) is 27.8 Å². The Morgan fingerprint density at radius 3 is 2.77 bits per heavy atom. The van der Waals surface area contributed by atoms with E-state index in [1.165, 1.54) is 47.4 Å². The maximum Gasteiger partial charge on any atom is 0.234 e. The van der Waals surface area contributed by atoms with Crippen molar-refractivity contribution in [2.75, 3.05) is 18.2 Å². The highest BCUT2D eigenvalue weighted by Crippen LogP contribution is 2.36. The van der Waals surface area contributed by atoms with E-state index in [4.69, 9.17) is 4.74 Å². The molecule has 0 bridgehead atoms. The maximum absolute atomic E-state index is 13.0. The van der Waals surface area contributed by atoms with Crippen LogP contribution in [0.15, 0.2) is 53.6 Å². The third-order valence-electron chi connectivity index (χ3n) is 4.20. The number of rotatable bonds is 6. The number of halogens is 1. The van der Waals surface area contributed by atoms with Gasteiger partial charge < -0.3 is 10.1 Å². The fraction of sp³-hybridized carbons (Fsp3) is 0.143. The van der Waals surface area contributed by atoms with Crippen molar-refractivity contribution >= 4 is 44.9 Å². The van der Waals surface area contributed by atoms with Crippen molar-refractivity contribution in [1.82, 2.24) is 15.2 Å². The molecule has 0 spiro atoms. The molecule has 0 aliphatic heterocycles. The van der Waals surface area contributed by atoms with Crippen LogP contribution in [0.2, 0.25) is 0 Å². The molecule has 4 aromatic rings. The number of nitrogens with zero attached hydrogens (tertiary/aromatic N) is 3. The summed E-state index contributed by atoms with van der Waals surface area (Å²) in [5, 5.41) is 13.0. The number of hydrogen-bond acceptors (Lipinski definition) is 7. The topological polar surface area (TPSA) is 77.0 Å². The lowest BCUT2D eigenvalue weighted by Gasteiger charge is -2.07. The highest BCUT2D eigenvalue weighted by atomic mass is 32.2. The molecule has 2 aromatic carbocycles. The monoisotopic (exact) mass is 440 g/mol. The summed E-state index contributed by atoms with van der Waals surface area (Å²) in [5.74, 6) is 0.302. The number of carbonyl (C=O) groups is 1. The summed E-state index contributed by atoms with van der Waals surface area (Å²) >= 11 is 2.80. The SMILES string of the molecule is COc1cccc(-c2nnc(SCC(=O)Nc3ccc(F)cc3)c3nc(C)sc23)c1. The fourth-order valence-corrected chi connectivity index (χ4v) is 4.56. The first-order chi connectivity index (χ1) is 14.5. The van der Waals surface area contributed by atoms with Crippen LogP contribution in [0.5, 0.6) is 5.75 Å². The van der Waals surface area contributed by atoms with Crippen molar-refractivity contribution in [2.24, 2.45) is 0 Å². The molecule has 0 radical (unpaired) electrons. The minimum Gasteiger partial charge on any atom is -0.497 e. The second kappa shape index (κ2) is 8.76. The van der Waals surface area contributed by atoms with Crippen LogP contribution in [-0.2, 0) is 4.79 Å². The minimum absolute atomic E-state index is 0.135. The lowest BCUT2D eigenvalue weighted by atomic mass is 10.1. The molecule has 0 fully saturated rings. The molecule has 6 nitrogen and oxygen atoms in total. The number of carbonyl (C=O) groups excluding carboxylic acids is 1. The largest absolute Gasteiger partial charge is 0.497 e. The van der Waals surface area contributed by atoms with Crippen molar-refractivity contribution in [3.05, 3.63) is 59.4 Å². The third kappa shape index (κ3) is 4.42. The van der Waals surface area contributed by atoms with Gasteiger partial charge in [0.25, 0.3) is 0 Å². The summed E-state index contributed by atoms with van der Waals surface area (Å²) in [7, 11) is 1.62. The molecule has 0 aliphatic rings. The number of amides is 1. The summed E-state index contributed by atoms with van der Waals surface area (Å²) in [6.07, 6.45) is 0. The van der Waals surface area contributed by atoms with Crippen LogP contribution in [0.25, 0.3) is 21.5 Å². The van der Waals surface area contributed by atoms with Crippen molar-refractivity contribution in [3.8, 4) is 17.0 Å². The van der Waals surface area contributed by atoms with Crippen molar-refractivity contribution < 1.29 is 13.9 Å². The molecule has 1 amide bonds. The molecule has 2 aromatic heterocycles. The van der Waals surface area contributed by atoms with E-state index in [2.05, 4.69) is 20.5 Å². The number of thiazole rings is 1. The summed E-state index contributed by atoms with van der Waals surface area (Å²) in [4.78, 5) is 16.9. The van der Waals surface area contributed by atoms with Crippen molar-refractivity contribution in [1.29, 1.82) is 0 Å². The number of ether oxygens (including phenoxy) is 1. The minimum atomic E-state index is -0.352. The summed E-state index contributed by atoms with van der Waals surface area (Å²) in [6, 6.07) is 13.3. The summed E-state index contributed by atoms with van der Waals surface area (Å²) in [5.41, 5.74) is 2.89. The molecule has 9 heteroatoms. The fourth-order valence-electron chi connectivity index (χ4n) is 2.84. The lowest BCUT2D eigenvalue weighted by Crippen LogP contribution is -2.14. The summed E-state index contributed by atoms with van der Waals surface area (Å²) < 4.78 is 19.2. The molecule has 0 unspecified atom stereocenters.